The lowest BCUT2D eigenvalue weighted by molar-refractivity contribution is -0.137. The molecule has 0 aliphatic carbocycles. The molecule has 0 N–H and O–H groups in total. The number of carbonyl (C=O) groups is 2. The number of hydrogen-bond donors (Lipinski definition) is 0. The van der Waals surface area contributed by atoms with Gasteiger partial charge in [0.05, 0.1) is 19.7 Å². The zero-order valence-corrected chi connectivity index (χ0v) is 16.6. The van der Waals surface area contributed by atoms with Crippen LogP contribution in [0, 0.1) is 0 Å². The lowest BCUT2D eigenvalue weighted by atomic mass is 10.1. The summed E-state index contributed by atoms with van der Waals surface area (Å²) in [5, 5.41) is 0. The molecule has 4 rings (SSSR count). The lowest BCUT2D eigenvalue weighted by Crippen LogP contribution is -2.65. The molecule has 1 aromatic rings. The Labute approximate surface area is 164 Å². The van der Waals surface area contributed by atoms with Crippen molar-refractivity contribution in [1.29, 1.82) is 0 Å². The molecule has 0 spiro atoms. The summed E-state index contributed by atoms with van der Waals surface area (Å²) < 4.78 is 5.07. The number of guanidine groups is 1. The molecule has 2 atom stereocenters. The van der Waals surface area contributed by atoms with Crippen LogP contribution in [-0.2, 0) is 16.1 Å². The number of aliphatic imine (C=N–C) groups is 1. The minimum Gasteiger partial charge on any atom is -0.383 e. The number of allylic oxidation sites excluding steroid dienone is 2. The van der Waals surface area contributed by atoms with Gasteiger partial charge >= 0.3 is 6.03 Å². The largest absolute Gasteiger partial charge is 0.383 e. The van der Waals surface area contributed by atoms with Crippen molar-refractivity contribution in [3.63, 3.8) is 0 Å². The number of nitrogens with zero attached hydrogens (tertiary/aromatic N) is 5. The van der Waals surface area contributed by atoms with Gasteiger partial charge < -0.3 is 14.5 Å². The first-order valence-electron chi connectivity index (χ1n) is 9.38. The fourth-order valence-electron chi connectivity index (χ4n) is 4.02. The van der Waals surface area contributed by atoms with Gasteiger partial charge in [0, 0.05) is 25.6 Å². The predicted molar refractivity (Wildman–Crippen MR) is 104 cm³/mol. The van der Waals surface area contributed by atoms with Crippen molar-refractivity contribution in [1.82, 2.24) is 19.6 Å². The van der Waals surface area contributed by atoms with Crippen molar-refractivity contribution in [3.8, 4) is 0 Å². The van der Waals surface area contributed by atoms with Gasteiger partial charge in [-0.1, -0.05) is 30.3 Å². The maximum atomic E-state index is 13.2. The van der Waals surface area contributed by atoms with Gasteiger partial charge in [-0.15, -0.1) is 0 Å². The van der Waals surface area contributed by atoms with Crippen LogP contribution in [0.3, 0.4) is 0 Å². The van der Waals surface area contributed by atoms with E-state index in [2.05, 4.69) is 17.0 Å². The number of likely N-dealkylation sites (N-methyl/N-ethyl adjacent to an activating group) is 1. The van der Waals surface area contributed by atoms with Crippen LogP contribution in [0.25, 0.3) is 0 Å². The molecular formula is C20H25N5O3. The van der Waals surface area contributed by atoms with Gasteiger partial charge in [-0.3, -0.25) is 14.6 Å². The lowest BCUT2D eigenvalue weighted by Gasteiger charge is -2.40. The second-order valence-corrected chi connectivity index (χ2v) is 7.28. The maximum Gasteiger partial charge on any atom is 0.328 e. The molecular weight excluding hydrogens is 358 g/mol. The van der Waals surface area contributed by atoms with Crippen LogP contribution in [0.15, 0.2) is 46.7 Å². The molecule has 2 unspecified atom stereocenters. The molecule has 8 heteroatoms. The Bertz CT molecular complexity index is 866. The van der Waals surface area contributed by atoms with E-state index >= 15 is 0 Å². The quantitative estimate of drug-likeness (QED) is 0.774. The summed E-state index contributed by atoms with van der Waals surface area (Å²) in [6, 6.07) is 9.28. The first-order chi connectivity index (χ1) is 13.5. The molecule has 28 heavy (non-hydrogen) atoms. The van der Waals surface area contributed by atoms with E-state index in [1.807, 2.05) is 36.9 Å². The van der Waals surface area contributed by atoms with E-state index in [1.165, 1.54) is 4.90 Å². The Morgan fingerprint density at radius 2 is 1.79 bits per heavy atom. The summed E-state index contributed by atoms with van der Waals surface area (Å²) in [6.45, 7) is 5.25. The monoisotopic (exact) mass is 383 g/mol. The summed E-state index contributed by atoms with van der Waals surface area (Å²) in [5.74, 6) is 0.507. The number of methoxy groups -OCH3 is 1. The number of carbonyl (C=O) groups excluding carboxylic acids is 2. The second-order valence-electron chi connectivity index (χ2n) is 7.28. The highest BCUT2D eigenvalue weighted by Gasteiger charge is 2.55. The van der Waals surface area contributed by atoms with Crippen LogP contribution in [-0.4, -0.2) is 77.0 Å². The van der Waals surface area contributed by atoms with Gasteiger partial charge in [0.2, 0.25) is 5.96 Å². The number of benzene rings is 1. The number of fused-ring (bicyclic) bond motifs is 3. The van der Waals surface area contributed by atoms with Gasteiger partial charge in [-0.2, -0.15) is 0 Å². The molecule has 1 saturated heterocycles. The highest BCUT2D eigenvalue weighted by Crippen LogP contribution is 2.38. The van der Waals surface area contributed by atoms with Crippen LogP contribution in [0.2, 0.25) is 0 Å². The standard InChI is InChI=1S/C20H25N5O3/c1-13-14(2)25-16-17(22(3)20(27)23(18(16)26)10-11-28-4)21-19(25)24(13)12-15-8-6-5-7-9-15/h5-9,16-17H,10-12H2,1-4H3. The summed E-state index contributed by atoms with van der Waals surface area (Å²) >= 11 is 0. The normalized spacial score (nSPS) is 24.2. The second kappa shape index (κ2) is 6.94. The van der Waals surface area contributed by atoms with E-state index < -0.39 is 12.2 Å². The van der Waals surface area contributed by atoms with Crippen molar-refractivity contribution < 1.29 is 14.3 Å². The van der Waals surface area contributed by atoms with E-state index in [-0.39, 0.29) is 18.5 Å². The molecule has 8 nitrogen and oxygen atoms in total. The van der Waals surface area contributed by atoms with Crippen LogP contribution < -0.4 is 0 Å². The van der Waals surface area contributed by atoms with E-state index in [0.717, 1.165) is 22.9 Å². The molecule has 0 radical (unpaired) electrons. The number of rotatable bonds is 5. The molecule has 3 aliphatic rings. The Kier molecular flexibility index (Phi) is 4.58. The summed E-state index contributed by atoms with van der Waals surface area (Å²) in [6.07, 6.45) is -0.518. The third-order valence-corrected chi connectivity index (χ3v) is 5.71. The Balaban J connectivity index is 1.67. The zero-order chi connectivity index (χ0) is 20.0. The summed E-state index contributed by atoms with van der Waals surface area (Å²) in [4.78, 5) is 37.6. The average molecular weight is 383 g/mol. The van der Waals surface area contributed by atoms with Crippen LogP contribution in [0.1, 0.15) is 19.4 Å². The number of imide groups is 1. The van der Waals surface area contributed by atoms with Crippen LogP contribution in [0.5, 0.6) is 0 Å². The smallest absolute Gasteiger partial charge is 0.328 e. The van der Waals surface area contributed by atoms with Crippen molar-refractivity contribution in [2.75, 3.05) is 27.3 Å². The topological polar surface area (TPSA) is 68.7 Å². The molecule has 0 aromatic heterocycles. The minimum atomic E-state index is -0.537. The maximum absolute atomic E-state index is 13.2. The molecule has 0 bridgehead atoms. The minimum absolute atomic E-state index is 0.224. The number of ether oxygens (including phenoxy) is 1. The van der Waals surface area contributed by atoms with Crippen molar-refractivity contribution in [2.24, 2.45) is 4.99 Å². The summed E-state index contributed by atoms with van der Waals surface area (Å²) in [7, 11) is 3.26. The highest BCUT2D eigenvalue weighted by molar-refractivity contribution is 6.05. The fraction of sp³-hybridized carbons (Fsp3) is 0.450. The average Bonchev–Trinajstić information content (AvgIpc) is 3.19. The van der Waals surface area contributed by atoms with E-state index in [1.54, 1.807) is 19.1 Å². The highest BCUT2D eigenvalue weighted by atomic mass is 16.5. The molecule has 0 saturated carbocycles. The first-order valence-corrected chi connectivity index (χ1v) is 9.38. The molecule has 3 amide bonds. The van der Waals surface area contributed by atoms with Crippen molar-refractivity contribution >= 4 is 17.9 Å². The van der Waals surface area contributed by atoms with Gasteiger partial charge in [0.15, 0.2) is 12.2 Å². The Morgan fingerprint density at radius 1 is 1.07 bits per heavy atom. The molecule has 3 aliphatic heterocycles. The van der Waals surface area contributed by atoms with Crippen LogP contribution in [0.4, 0.5) is 4.79 Å². The SMILES string of the molecule is COCCN1C(=O)C2C(N=C3N(Cc4ccccc4)C(C)=C(C)N32)N(C)C1=O. The van der Waals surface area contributed by atoms with Gasteiger partial charge in [-0.25, -0.2) is 9.79 Å². The third kappa shape index (κ3) is 2.67. The van der Waals surface area contributed by atoms with Gasteiger partial charge in [0.1, 0.15) is 0 Å². The molecule has 3 heterocycles. The number of hydrogen-bond acceptors (Lipinski definition) is 6. The number of amides is 3. The Hall–Kier alpha value is -2.87. The molecule has 1 aromatic carbocycles. The summed E-state index contributed by atoms with van der Waals surface area (Å²) in [5.41, 5.74) is 3.22. The third-order valence-electron chi connectivity index (χ3n) is 5.71. The van der Waals surface area contributed by atoms with E-state index in [9.17, 15) is 9.59 Å². The fourth-order valence-corrected chi connectivity index (χ4v) is 4.02. The van der Waals surface area contributed by atoms with E-state index in [4.69, 9.17) is 9.73 Å². The van der Waals surface area contributed by atoms with Gasteiger partial charge in [0.25, 0.3) is 5.91 Å². The van der Waals surface area contributed by atoms with Gasteiger partial charge in [-0.05, 0) is 19.4 Å². The van der Waals surface area contributed by atoms with Crippen LogP contribution >= 0.6 is 0 Å². The van der Waals surface area contributed by atoms with E-state index in [0.29, 0.717) is 13.2 Å². The molecule has 148 valence electrons. The predicted octanol–water partition coefficient (Wildman–Crippen LogP) is 1.66. The Morgan fingerprint density at radius 3 is 2.46 bits per heavy atom. The molecule has 1 fully saturated rings. The zero-order valence-electron chi connectivity index (χ0n) is 16.6. The van der Waals surface area contributed by atoms with Crippen molar-refractivity contribution in [2.45, 2.75) is 32.6 Å². The van der Waals surface area contributed by atoms with Crippen molar-refractivity contribution in [3.05, 3.63) is 47.3 Å². The first kappa shape index (κ1) is 18.5. The number of urea groups is 1.